The van der Waals surface area contributed by atoms with Gasteiger partial charge in [0.05, 0.1) is 11.2 Å². The standard InChI is InChI=1S/C16H23N3O3S/c1-16(2,3)22-15(21)19-7-6-12(19)14(20)18-10-4-5-11-13(8-10)23-9-17-11/h9-10,12H,4-8H2,1-3H3,(H,18,20)/t10-,12+/m0/s1. The second-order valence-electron chi connectivity index (χ2n) is 7.15. The van der Waals surface area contributed by atoms with Crippen LogP contribution in [0.15, 0.2) is 5.51 Å². The monoisotopic (exact) mass is 337 g/mol. The van der Waals surface area contributed by atoms with Crippen LogP contribution in [0.4, 0.5) is 4.79 Å². The predicted molar refractivity (Wildman–Crippen MR) is 87.4 cm³/mol. The van der Waals surface area contributed by atoms with Crippen LogP contribution in [0.2, 0.25) is 0 Å². The molecule has 1 saturated heterocycles. The van der Waals surface area contributed by atoms with E-state index in [0.29, 0.717) is 13.0 Å². The Bertz CT molecular complexity index is 608. The molecule has 1 aromatic rings. The SMILES string of the molecule is CC(C)(C)OC(=O)N1CC[C@@H]1C(=O)N[C@H]1CCc2ncsc2C1. The number of rotatable bonds is 2. The number of ether oxygens (including phenoxy) is 1. The van der Waals surface area contributed by atoms with Gasteiger partial charge in [-0.2, -0.15) is 0 Å². The van der Waals surface area contributed by atoms with Gasteiger partial charge in [0.2, 0.25) is 5.91 Å². The Labute approximate surface area is 140 Å². The summed E-state index contributed by atoms with van der Waals surface area (Å²) >= 11 is 1.65. The molecule has 1 aromatic heterocycles. The molecule has 0 aromatic carbocycles. The fraction of sp³-hybridized carbons (Fsp3) is 0.688. The van der Waals surface area contributed by atoms with E-state index in [9.17, 15) is 9.59 Å². The topological polar surface area (TPSA) is 71.5 Å². The molecule has 126 valence electrons. The van der Waals surface area contributed by atoms with Crippen LogP contribution >= 0.6 is 11.3 Å². The lowest BCUT2D eigenvalue weighted by Gasteiger charge is -2.40. The summed E-state index contributed by atoms with van der Waals surface area (Å²) in [5.41, 5.74) is 2.49. The third kappa shape index (κ3) is 3.65. The number of hydrogen-bond donors (Lipinski definition) is 1. The van der Waals surface area contributed by atoms with E-state index < -0.39 is 17.7 Å². The van der Waals surface area contributed by atoms with Crippen molar-refractivity contribution in [2.45, 2.75) is 64.1 Å². The molecule has 0 radical (unpaired) electrons. The number of hydrogen-bond acceptors (Lipinski definition) is 5. The summed E-state index contributed by atoms with van der Waals surface area (Å²) in [6, 6.07) is -0.260. The van der Waals surface area contributed by atoms with Gasteiger partial charge in [-0.1, -0.05) is 0 Å². The lowest BCUT2D eigenvalue weighted by molar-refractivity contribution is -0.131. The molecule has 1 aliphatic carbocycles. The van der Waals surface area contributed by atoms with Gasteiger partial charge in [-0.05, 0) is 40.0 Å². The molecule has 0 bridgehead atoms. The van der Waals surface area contributed by atoms with Crippen molar-refractivity contribution in [3.63, 3.8) is 0 Å². The molecule has 7 heteroatoms. The van der Waals surface area contributed by atoms with Crippen LogP contribution in [0.25, 0.3) is 0 Å². The lowest BCUT2D eigenvalue weighted by Crippen LogP contribution is -2.60. The molecule has 0 unspecified atom stereocenters. The summed E-state index contributed by atoms with van der Waals surface area (Å²) in [6.45, 7) is 6.06. The van der Waals surface area contributed by atoms with E-state index in [1.165, 1.54) is 15.5 Å². The van der Waals surface area contributed by atoms with Gasteiger partial charge in [-0.3, -0.25) is 9.69 Å². The zero-order valence-corrected chi connectivity index (χ0v) is 14.6. The largest absolute Gasteiger partial charge is 0.444 e. The minimum absolute atomic E-state index is 0.0694. The van der Waals surface area contributed by atoms with Crippen LogP contribution in [0, 0.1) is 0 Å². The number of likely N-dealkylation sites (tertiary alicyclic amines) is 1. The van der Waals surface area contributed by atoms with Crippen LogP contribution < -0.4 is 5.32 Å². The second kappa shape index (κ2) is 6.11. The number of aromatic nitrogens is 1. The summed E-state index contributed by atoms with van der Waals surface area (Å²) in [7, 11) is 0. The van der Waals surface area contributed by atoms with E-state index in [1.54, 1.807) is 11.3 Å². The van der Waals surface area contributed by atoms with Crippen molar-refractivity contribution in [2.75, 3.05) is 6.54 Å². The number of fused-ring (bicyclic) bond motifs is 1. The number of amides is 2. The van der Waals surface area contributed by atoms with E-state index in [0.717, 1.165) is 19.3 Å². The second-order valence-corrected chi connectivity index (χ2v) is 8.09. The number of thiazole rings is 1. The fourth-order valence-electron chi connectivity index (χ4n) is 2.92. The average Bonchev–Trinajstić information content (AvgIpc) is 2.81. The first-order valence-corrected chi connectivity index (χ1v) is 8.93. The third-order valence-electron chi connectivity index (χ3n) is 4.18. The van der Waals surface area contributed by atoms with Crippen molar-refractivity contribution < 1.29 is 14.3 Å². The van der Waals surface area contributed by atoms with Crippen molar-refractivity contribution in [1.29, 1.82) is 0 Å². The van der Waals surface area contributed by atoms with Gasteiger partial charge >= 0.3 is 6.09 Å². The van der Waals surface area contributed by atoms with Crippen LogP contribution in [-0.4, -0.2) is 46.1 Å². The highest BCUT2D eigenvalue weighted by Crippen LogP contribution is 2.25. The first kappa shape index (κ1) is 16.2. The van der Waals surface area contributed by atoms with Gasteiger partial charge in [-0.15, -0.1) is 11.3 Å². The van der Waals surface area contributed by atoms with Crippen molar-refractivity contribution in [1.82, 2.24) is 15.2 Å². The van der Waals surface area contributed by atoms with Gasteiger partial charge in [0.1, 0.15) is 11.6 Å². The van der Waals surface area contributed by atoms with Crippen molar-refractivity contribution in [3.8, 4) is 0 Å². The first-order chi connectivity index (χ1) is 10.8. The summed E-state index contributed by atoms with van der Waals surface area (Å²) < 4.78 is 5.35. The van der Waals surface area contributed by atoms with E-state index in [1.807, 2.05) is 26.3 Å². The number of carbonyl (C=O) groups excluding carboxylic acids is 2. The van der Waals surface area contributed by atoms with E-state index in [2.05, 4.69) is 10.3 Å². The highest BCUT2D eigenvalue weighted by Gasteiger charge is 2.40. The van der Waals surface area contributed by atoms with Gasteiger partial charge in [0, 0.05) is 23.9 Å². The molecular weight excluding hydrogens is 314 g/mol. The van der Waals surface area contributed by atoms with Crippen molar-refractivity contribution >= 4 is 23.3 Å². The van der Waals surface area contributed by atoms with Crippen molar-refractivity contribution in [2.24, 2.45) is 0 Å². The number of nitrogens with one attached hydrogen (secondary N) is 1. The average molecular weight is 337 g/mol. The van der Waals surface area contributed by atoms with E-state index in [-0.39, 0.29) is 11.9 Å². The zero-order chi connectivity index (χ0) is 16.6. The van der Waals surface area contributed by atoms with Crippen LogP contribution in [0.1, 0.15) is 44.2 Å². The molecule has 2 atom stereocenters. The molecule has 23 heavy (non-hydrogen) atoms. The van der Waals surface area contributed by atoms with Crippen LogP contribution in [0.5, 0.6) is 0 Å². The summed E-state index contributed by atoms with van der Waals surface area (Å²) in [5.74, 6) is -0.0694. The van der Waals surface area contributed by atoms with Gasteiger partial charge in [0.15, 0.2) is 0 Å². The predicted octanol–water partition coefficient (Wildman–Crippen LogP) is 2.13. The van der Waals surface area contributed by atoms with Crippen LogP contribution in [-0.2, 0) is 22.4 Å². The molecule has 2 aliphatic rings. The maximum absolute atomic E-state index is 12.5. The third-order valence-corrected chi connectivity index (χ3v) is 5.08. The smallest absolute Gasteiger partial charge is 0.410 e. The van der Waals surface area contributed by atoms with E-state index in [4.69, 9.17) is 4.74 Å². The molecule has 6 nitrogen and oxygen atoms in total. The van der Waals surface area contributed by atoms with Crippen molar-refractivity contribution in [3.05, 3.63) is 16.1 Å². The number of nitrogens with zero attached hydrogens (tertiary/aromatic N) is 2. The van der Waals surface area contributed by atoms with E-state index >= 15 is 0 Å². The fourth-order valence-corrected chi connectivity index (χ4v) is 3.82. The summed E-state index contributed by atoms with van der Waals surface area (Å²) in [4.78, 5) is 31.7. The first-order valence-electron chi connectivity index (χ1n) is 8.05. The molecule has 2 amide bonds. The van der Waals surface area contributed by atoms with Crippen LogP contribution in [0.3, 0.4) is 0 Å². The Balaban J connectivity index is 1.54. The molecule has 1 aliphatic heterocycles. The highest BCUT2D eigenvalue weighted by molar-refractivity contribution is 7.09. The molecule has 0 saturated carbocycles. The number of carbonyl (C=O) groups is 2. The normalized spacial score (nSPS) is 23.7. The van der Waals surface area contributed by atoms with Gasteiger partial charge in [0.25, 0.3) is 0 Å². The minimum atomic E-state index is -0.542. The zero-order valence-electron chi connectivity index (χ0n) is 13.8. The molecule has 2 heterocycles. The lowest BCUT2D eigenvalue weighted by atomic mass is 9.96. The van der Waals surface area contributed by atoms with Gasteiger partial charge < -0.3 is 10.1 Å². The van der Waals surface area contributed by atoms with Gasteiger partial charge in [-0.25, -0.2) is 9.78 Å². The Hall–Kier alpha value is -1.63. The minimum Gasteiger partial charge on any atom is -0.444 e. The molecule has 3 rings (SSSR count). The molecule has 1 fully saturated rings. The Kier molecular flexibility index (Phi) is 4.31. The molecular formula is C16H23N3O3S. The maximum Gasteiger partial charge on any atom is 0.410 e. The Morgan fingerprint density at radius 2 is 2.17 bits per heavy atom. The Morgan fingerprint density at radius 3 is 2.83 bits per heavy atom. The molecule has 0 spiro atoms. The highest BCUT2D eigenvalue weighted by atomic mass is 32.1. The quantitative estimate of drug-likeness (QED) is 0.897. The maximum atomic E-state index is 12.5. The Morgan fingerprint density at radius 1 is 1.39 bits per heavy atom. The number of aryl methyl sites for hydroxylation is 1. The summed E-state index contributed by atoms with van der Waals surface area (Å²) in [6.07, 6.45) is 2.94. The summed E-state index contributed by atoms with van der Waals surface area (Å²) in [5, 5.41) is 3.09. The molecule has 1 N–H and O–H groups in total.